The zero-order chi connectivity index (χ0) is 28.5. The lowest BCUT2D eigenvalue weighted by Gasteiger charge is -2.10. The second-order valence-corrected chi connectivity index (χ2v) is 10.8. The van der Waals surface area contributed by atoms with E-state index in [1.165, 1.54) is 15.9 Å². The van der Waals surface area contributed by atoms with Crippen LogP contribution in [-0.4, -0.2) is 29.4 Å². The molecule has 0 bridgehead atoms. The van der Waals surface area contributed by atoms with E-state index in [1.807, 2.05) is 109 Å². The SMILES string of the molecule is Cc1cc(-c2nn(-c3ccccc3)cc2C=c2sc3nc(-c4cccnc4)nn3c2=O)ccc1OCc1ccccc1. The molecule has 7 rings (SSSR count). The third kappa shape index (κ3) is 4.97. The zero-order valence-electron chi connectivity index (χ0n) is 22.6. The van der Waals surface area contributed by atoms with E-state index >= 15 is 0 Å². The fourth-order valence-corrected chi connectivity index (χ4v) is 5.62. The van der Waals surface area contributed by atoms with Crippen molar-refractivity contribution < 1.29 is 4.74 Å². The van der Waals surface area contributed by atoms with Crippen LogP contribution < -0.4 is 14.8 Å². The van der Waals surface area contributed by atoms with Gasteiger partial charge in [0.15, 0.2) is 5.82 Å². The van der Waals surface area contributed by atoms with Crippen LogP contribution in [0.5, 0.6) is 5.75 Å². The van der Waals surface area contributed by atoms with Crippen molar-refractivity contribution in [3.8, 4) is 34.1 Å². The molecule has 0 spiro atoms. The highest BCUT2D eigenvalue weighted by Gasteiger charge is 2.16. The van der Waals surface area contributed by atoms with Crippen molar-refractivity contribution in [1.29, 1.82) is 0 Å². The van der Waals surface area contributed by atoms with E-state index in [0.29, 0.717) is 21.9 Å². The number of aryl methyl sites for hydroxylation is 1. The third-order valence-electron chi connectivity index (χ3n) is 6.84. The monoisotopic (exact) mass is 568 g/mol. The van der Waals surface area contributed by atoms with Crippen molar-refractivity contribution in [2.24, 2.45) is 0 Å². The molecule has 0 unspecified atom stereocenters. The topological polar surface area (TPSA) is 87.2 Å². The molecule has 0 amide bonds. The van der Waals surface area contributed by atoms with Crippen molar-refractivity contribution in [2.75, 3.05) is 0 Å². The molecule has 0 radical (unpaired) electrons. The van der Waals surface area contributed by atoms with Gasteiger partial charge in [0.05, 0.1) is 10.2 Å². The summed E-state index contributed by atoms with van der Waals surface area (Å²) in [4.78, 5) is 22.6. The molecule has 0 aliphatic rings. The number of rotatable bonds is 7. The van der Waals surface area contributed by atoms with Crippen LogP contribution in [0, 0.1) is 6.92 Å². The Balaban J connectivity index is 1.28. The van der Waals surface area contributed by atoms with Crippen LogP contribution in [-0.2, 0) is 6.61 Å². The minimum Gasteiger partial charge on any atom is -0.489 e. The van der Waals surface area contributed by atoms with Gasteiger partial charge in [0.1, 0.15) is 18.1 Å². The molecule has 0 aliphatic carbocycles. The molecule has 204 valence electrons. The first-order valence-corrected chi connectivity index (χ1v) is 14.2. The second kappa shape index (κ2) is 10.9. The van der Waals surface area contributed by atoms with Gasteiger partial charge in [0.2, 0.25) is 4.96 Å². The summed E-state index contributed by atoms with van der Waals surface area (Å²) in [5.41, 5.74) is 6.05. The number of nitrogens with zero attached hydrogens (tertiary/aromatic N) is 6. The lowest BCUT2D eigenvalue weighted by atomic mass is 10.0. The largest absolute Gasteiger partial charge is 0.489 e. The van der Waals surface area contributed by atoms with Gasteiger partial charge in [-0.2, -0.15) is 14.6 Å². The van der Waals surface area contributed by atoms with E-state index in [9.17, 15) is 4.79 Å². The molecule has 0 saturated carbocycles. The van der Waals surface area contributed by atoms with Crippen molar-refractivity contribution in [2.45, 2.75) is 13.5 Å². The normalized spacial score (nSPS) is 11.8. The van der Waals surface area contributed by atoms with Crippen LogP contribution in [0.15, 0.2) is 114 Å². The van der Waals surface area contributed by atoms with Crippen LogP contribution in [0.4, 0.5) is 0 Å². The molecule has 7 aromatic rings. The van der Waals surface area contributed by atoms with Gasteiger partial charge in [-0.15, -0.1) is 5.10 Å². The molecule has 0 saturated heterocycles. The number of benzene rings is 3. The lowest BCUT2D eigenvalue weighted by Crippen LogP contribution is -2.23. The van der Waals surface area contributed by atoms with Gasteiger partial charge in [-0.3, -0.25) is 9.78 Å². The van der Waals surface area contributed by atoms with Gasteiger partial charge in [0, 0.05) is 35.3 Å². The fraction of sp³-hybridized carbons (Fsp3) is 0.0606. The number of para-hydroxylation sites is 1. The summed E-state index contributed by atoms with van der Waals surface area (Å²) in [6.07, 6.45) is 7.18. The molecule has 4 aromatic heterocycles. The summed E-state index contributed by atoms with van der Waals surface area (Å²) < 4.78 is 9.81. The van der Waals surface area contributed by atoms with Gasteiger partial charge in [-0.25, -0.2) is 4.68 Å². The first kappa shape index (κ1) is 25.6. The van der Waals surface area contributed by atoms with Crippen molar-refractivity contribution in [3.63, 3.8) is 0 Å². The van der Waals surface area contributed by atoms with Gasteiger partial charge >= 0.3 is 0 Å². The van der Waals surface area contributed by atoms with E-state index < -0.39 is 0 Å². The highest BCUT2D eigenvalue weighted by molar-refractivity contribution is 7.15. The molecule has 0 N–H and O–H groups in total. The first-order chi connectivity index (χ1) is 20.6. The Bertz CT molecular complexity index is 2120. The fourth-order valence-electron chi connectivity index (χ4n) is 4.72. The summed E-state index contributed by atoms with van der Waals surface area (Å²) in [6.45, 7) is 2.52. The maximum atomic E-state index is 13.4. The third-order valence-corrected chi connectivity index (χ3v) is 7.80. The number of ether oxygens (including phenoxy) is 1. The Labute approximate surface area is 244 Å². The van der Waals surface area contributed by atoms with Gasteiger partial charge in [0.25, 0.3) is 5.56 Å². The highest BCUT2D eigenvalue weighted by Crippen LogP contribution is 2.29. The predicted octanol–water partition coefficient (Wildman–Crippen LogP) is 5.50. The average Bonchev–Trinajstić information content (AvgIpc) is 3.73. The van der Waals surface area contributed by atoms with Crippen molar-refractivity contribution in [1.82, 2.24) is 29.4 Å². The highest BCUT2D eigenvalue weighted by atomic mass is 32.1. The van der Waals surface area contributed by atoms with Gasteiger partial charge < -0.3 is 4.74 Å². The number of thiazole rings is 1. The van der Waals surface area contributed by atoms with Crippen LogP contribution in [0.3, 0.4) is 0 Å². The van der Waals surface area contributed by atoms with E-state index in [1.54, 1.807) is 12.4 Å². The van der Waals surface area contributed by atoms with Crippen molar-refractivity contribution in [3.05, 3.63) is 141 Å². The molecule has 0 aliphatic heterocycles. The molecule has 8 nitrogen and oxygen atoms in total. The minimum atomic E-state index is -0.225. The van der Waals surface area contributed by atoms with E-state index in [-0.39, 0.29) is 5.56 Å². The Morgan fingerprint density at radius 3 is 2.45 bits per heavy atom. The number of pyridine rings is 1. The maximum absolute atomic E-state index is 13.4. The summed E-state index contributed by atoms with van der Waals surface area (Å²) in [6, 6.07) is 29.7. The zero-order valence-corrected chi connectivity index (χ0v) is 23.4. The number of hydrogen-bond donors (Lipinski definition) is 0. The summed E-state index contributed by atoms with van der Waals surface area (Å²) in [5, 5.41) is 9.39. The standard InChI is InChI=1S/C33H24N6O2S/c1-22-17-24(14-15-28(22)41-21-23-9-4-2-5-10-23)30-26(20-38(36-30)27-12-6-3-7-13-27)18-29-32(40)39-33(42-29)35-31(37-39)25-11-8-16-34-19-25/h2-20H,21H2,1H3. The summed E-state index contributed by atoms with van der Waals surface area (Å²) in [7, 11) is 0. The quantitative estimate of drug-likeness (QED) is 0.252. The van der Waals surface area contributed by atoms with E-state index in [2.05, 4.69) is 21.1 Å². The molecular formula is C33H24N6O2S. The minimum absolute atomic E-state index is 0.225. The molecular weight excluding hydrogens is 544 g/mol. The first-order valence-electron chi connectivity index (χ1n) is 13.4. The van der Waals surface area contributed by atoms with Crippen LogP contribution >= 0.6 is 11.3 Å². The van der Waals surface area contributed by atoms with Crippen LogP contribution in [0.2, 0.25) is 0 Å². The smallest absolute Gasteiger partial charge is 0.291 e. The van der Waals surface area contributed by atoms with Crippen LogP contribution in [0.25, 0.3) is 39.4 Å². The Morgan fingerprint density at radius 1 is 0.905 bits per heavy atom. The summed E-state index contributed by atoms with van der Waals surface area (Å²) >= 11 is 1.30. The number of aromatic nitrogens is 6. The van der Waals surface area contributed by atoms with Crippen molar-refractivity contribution >= 4 is 22.4 Å². The van der Waals surface area contributed by atoms with Crippen LogP contribution in [0.1, 0.15) is 16.7 Å². The molecule has 9 heteroatoms. The van der Waals surface area contributed by atoms with E-state index in [4.69, 9.17) is 9.84 Å². The lowest BCUT2D eigenvalue weighted by molar-refractivity contribution is 0.304. The molecule has 3 aromatic carbocycles. The Hall–Kier alpha value is -5.41. The average molecular weight is 569 g/mol. The molecule has 4 heterocycles. The Morgan fingerprint density at radius 2 is 1.71 bits per heavy atom. The predicted molar refractivity (Wildman–Crippen MR) is 164 cm³/mol. The molecule has 0 fully saturated rings. The Kier molecular flexibility index (Phi) is 6.61. The maximum Gasteiger partial charge on any atom is 0.291 e. The molecule has 0 atom stereocenters. The van der Waals surface area contributed by atoms with Gasteiger partial charge in [-0.1, -0.05) is 59.9 Å². The summed E-state index contributed by atoms with van der Waals surface area (Å²) in [5.74, 6) is 1.29. The van der Waals surface area contributed by atoms with E-state index in [0.717, 1.165) is 44.9 Å². The number of fused-ring (bicyclic) bond motifs is 1. The second-order valence-electron chi connectivity index (χ2n) is 9.76. The van der Waals surface area contributed by atoms with Gasteiger partial charge in [-0.05, 0) is 66.6 Å². The number of hydrogen-bond acceptors (Lipinski definition) is 7. The molecule has 42 heavy (non-hydrogen) atoms.